The van der Waals surface area contributed by atoms with Crippen molar-refractivity contribution in [2.75, 3.05) is 0 Å². The maximum absolute atomic E-state index is 10.4. The van der Waals surface area contributed by atoms with Crippen LogP contribution >= 0.6 is 0 Å². The minimum absolute atomic E-state index is 0.139. The van der Waals surface area contributed by atoms with Crippen LogP contribution in [0.2, 0.25) is 0 Å². The van der Waals surface area contributed by atoms with Gasteiger partial charge in [-0.05, 0) is 33.9 Å². The van der Waals surface area contributed by atoms with Gasteiger partial charge in [-0.15, -0.1) is 0 Å². The first kappa shape index (κ1) is 11.8. The van der Waals surface area contributed by atoms with Crippen molar-refractivity contribution in [3.8, 4) is 5.75 Å². The summed E-state index contributed by atoms with van der Waals surface area (Å²) in [5.41, 5.74) is 5.14. The summed E-state index contributed by atoms with van der Waals surface area (Å²) in [6.45, 7) is 4.23. The van der Waals surface area contributed by atoms with Crippen molar-refractivity contribution in [3.63, 3.8) is 0 Å². The fraction of sp³-hybridized carbons (Fsp3) is 0.0476. The molecule has 0 fully saturated rings. The zero-order valence-corrected chi connectivity index (χ0v) is 12.1. The third-order valence-corrected chi connectivity index (χ3v) is 4.22. The summed E-state index contributed by atoms with van der Waals surface area (Å²) in [5.74, 6) is -1.01. The van der Waals surface area contributed by atoms with Crippen LogP contribution in [0, 0.1) is 0 Å². The number of phenolic OH excluding ortho intramolecular Hbond substituents is 1. The molecular formula is C21H16O. The van der Waals surface area contributed by atoms with E-state index in [1.165, 1.54) is 0 Å². The molecule has 0 heterocycles. The van der Waals surface area contributed by atoms with Crippen LogP contribution in [-0.2, 0) is 0 Å². The fourth-order valence-electron chi connectivity index (χ4n) is 3.19. The van der Waals surface area contributed by atoms with E-state index in [1.54, 1.807) is 12.1 Å². The molecule has 1 aliphatic rings. The van der Waals surface area contributed by atoms with Gasteiger partial charge in [0.1, 0.15) is 5.75 Å². The fourth-order valence-corrected chi connectivity index (χ4v) is 3.19. The van der Waals surface area contributed by atoms with E-state index < -0.39 is 5.89 Å². The summed E-state index contributed by atoms with van der Waals surface area (Å²) < 4.78 is 9.36. The second-order valence-corrected chi connectivity index (χ2v) is 5.46. The molecule has 0 radical (unpaired) electrons. The monoisotopic (exact) mass is 285 g/mol. The molecule has 0 atom stereocenters. The third kappa shape index (κ3) is 1.79. The molecule has 3 aromatic rings. The molecule has 1 nitrogen and oxygen atoms in total. The highest BCUT2D eigenvalue weighted by atomic mass is 16.3. The Bertz CT molecular complexity index is 877. The van der Waals surface area contributed by atoms with E-state index in [2.05, 4.69) is 6.58 Å². The molecule has 0 aromatic heterocycles. The number of para-hydroxylation sites is 1. The van der Waals surface area contributed by atoms with Gasteiger partial charge < -0.3 is 5.11 Å². The molecule has 0 aliphatic heterocycles. The molecular weight excluding hydrogens is 268 g/mol. The van der Waals surface area contributed by atoms with E-state index in [0.29, 0.717) is 5.56 Å². The maximum atomic E-state index is 10.4. The highest BCUT2D eigenvalue weighted by Crippen LogP contribution is 2.46. The number of hydrogen-bond acceptors (Lipinski definition) is 1. The van der Waals surface area contributed by atoms with Crippen LogP contribution in [0.15, 0.2) is 79.4 Å². The van der Waals surface area contributed by atoms with E-state index in [-0.39, 0.29) is 5.75 Å². The van der Waals surface area contributed by atoms with Crippen molar-refractivity contribution in [2.24, 2.45) is 0 Å². The number of phenols is 1. The van der Waals surface area contributed by atoms with Crippen LogP contribution in [0.4, 0.5) is 0 Å². The largest absolute Gasteiger partial charge is 0.508 e. The number of benzene rings is 3. The van der Waals surface area contributed by atoms with E-state index >= 15 is 0 Å². The van der Waals surface area contributed by atoms with Gasteiger partial charge in [-0.25, -0.2) is 0 Å². The van der Waals surface area contributed by atoms with E-state index in [4.69, 9.17) is 0 Å². The number of rotatable bonds is 1. The van der Waals surface area contributed by atoms with Gasteiger partial charge in [-0.2, -0.15) is 0 Å². The van der Waals surface area contributed by atoms with Crippen molar-refractivity contribution in [2.45, 2.75) is 5.89 Å². The zero-order chi connectivity index (χ0) is 16.0. The van der Waals surface area contributed by atoms with Gasteiger partial charge in [0.15, 0.2) is 0 Å². The second-order valence-electron chi connectivity index (χ2n) is 5.46. The van der Waals surface area contributed by atoms with Crippen molar-refractivity contribution in [3.05, 3.63) is 107 Å². The number of aromatic hydroxyl groups is 1. The smallest absolute Gasteiger partial charge is 0.119 e. The van der Waals surface area contributed by atoms with E-state index in [1.807, 2.05) is 60.7 Å². The predicted molar refractivity (Wildman–Crippen MR) is 90.1 cm³/mol. The van der Waals surface area contributed by atoms with Crippen LogP contribution in [0.3, 0.4) is 0 Å². The van der Waals surface area contributed by atoms with Crippen LogP contribution in [0.25, 0.3) is 5.57 Å². The normalized spacial score (nSPS) is 15.6. The summed E-state index contributed by atoms with van der Waals surface area (Å²) in [6.07, 6.45) is 0. The third-order valence-electron chi connectivity index (χ3n) is 4.22. The molecule has 0 saturated heterocycles. The van der Waals surface area contributed by atoms with Gasteiger partial charge in [-0.3, -0.25) is 0 Å². The molecule has 0 saturated carbocycles. The Kier molecular flexibility index (Phi) is 2.62. The Morgan fingerprint density at radius 1 is 0.727 bits per heavy atom. The van der Waals surface area contributed by atoms with Crippen molar-refractivity contribution in [1.29, 1.82) is 0 Å². The Balaban J connectivity index is 2.14. The highest BCUT2D eigenvalue weighted by molar-refractivity contribution is 5.86. The SMILES string of the molecule is [2H]C1(c2ccccc2O)c2ccccc2C(=C)c2ccccc21. The summed E-state index contributed by atoms with van der Waals surface area (Å²) in [7, 11) is 0. The molecule has 0 amide bonds. The summed E-state index contributed by atoms with van der Waals surface area (Å²) in [4.78, 5) is 0. The second kappa shape index (κ2) is 4.88. The van der Waals surface area contributed by atoms with E-state index in [0.717, 1.165) is 27.8 Å². The number of hydrogen-bond donors (Lipinski definition) is 1. The molecule has 1 heteroatoms. The summed E-state index contributed by atoms with van der Waals surface area (Å²) in [6, 6.07) is 22.8. The molecule has 4 rings (SSSR count). The summed E-state index contributed by atoms with van der Waals surface area (Å²) in [5, 5.41) is 10.4. The molecule has 106 valence electrons. The minimum Gasteiger partial charge on any atom is -0.508 e. The van der Waals surface area contributed by atoms with Crippen molar-refractivity contribution in [1.82, 2.24) is 0 Å². The molecule has 1 aliphatic carbocycles. The Labute approximate surface area is 131 Å². The first-order chi connectivity index (χ1) is 11.1. The lowest BCUT2D eigenvalue weighted by atomic mass is 9.73. The van der Waals surface area contributed by atoms with Gasteiger partial charge in [0.2, 0.25) is 0 Å². The zero-order valence-electron chi connectivity index (χ0n) is 13.1. The highest BCUT2D eigenvalue weighted by Gasteiger charge is 2.29. The average molecular weight is 285 g/mol. The molecule has 1 N–H and O–H groups in total. The van der Waals surface area contributed by atoms with Crippen LogP contribution < -0.4 is 0 Å². The van der Waals surface area contributed by atoms with Gasteiger partial charge in [0.05, 0.1) is 0 Å². The summed E-state index contributed by atoms with van der Waals surface area (Å²) >= 11 is 0. The quantitative estimate of drug-likeness (QED) is 0.671. The van der Waals surface area contributed by atoms with Gasteiger partial charge in [0, 0.05) is 12.8 Å². The molecule has 22 heavy (non-hydrogen) atoms. The van der Waals surface area contributed by atoms with E-state index in [9.17, 15) is 6.48 Å². The lowest BCUT2D eigenvalue weighted by Crippen LogP contribution is -2.14. The van der Waals surface area contributed by atoms with Crippen LogP contribution in [0.1, 0.15) is 35.1 Å². The Morgan fingerprint density at radius 3 is 1.73 bits per heavy atom. The lowest BCUT2D eigenvalue weighted by Gasteiger charge is -2.30. The molecule has 0 spiro atoms. The van der Waals surface area contributed by atoms with Crippen LogP contribution in [0.5, 0.6) is 5.75 Å². The predicted octanol–water partition coefficient (Wildman–Crippen LogP) is 4.95. The lowest BCUT2D eigenvalue weighted by molar-refractivity contribution is 0.467. The van der Waals surface area contributed by atoms with Gasteiger partial charge in [0.25, 0.3) is 0 Å². The topological polar surface area (TPSA) is 20.2 Å². The molecule has 3 aromatic carbocycles. The Morgan fingerprint density at radius 2 is 1.18 bits per heavy atom. The standard InChI is InChI=1S/C21H16O/c1-14-15-8-2-4-10-17(15)21(18-11-5-3-9-16(14)18)19-12-6-7-13-20(19)22/h2-13,21-22H,1H2/i21D. The average Bonchev–Trinajstić information content (AvgIpc) is 2.60. The first-order valence-electron chi connectivity index (χ1n) is 7.81. The molecule has 0 bridgehead atoms. The van der Waals surface area contributed by atoms with Crippen molar-refractivity contribution >= 4 is 5.57 Å². The Hall–Kier alpha value is -2.80. The van der Waals surface area contributed by atoms with Gasteiger partial charge in [-0.1, -0.05) is 73.3 Å². The van der Waals surface area contributed by atoms with Crippen LogP contribution in [-0.4, -0.2) is 5.11 Å². The first-order valence-corrected chi connectivity index (χ1v) is 7.31. The van der Waals surface area contributed by atoms with Crippen molar-refractivity contribution < 1.29 is 6.48 Å². The number of fused-ring (bicyclic) bond motifs is 2. The minimum atomic E-state index is -1.15. The maximum Gasteiger partial charge on any atom is 0.119 e. The van der Waals surface area contributed by atoms with Gasteiger partial charge >= 0.3 is 0 Å². The molecule has 0 unspecified atom stereocenters.